The number of aromatic nitrogens is 2. The van der Waals surface area contributed by atoms with Gasteiger partial charge in [0.05, 0.1) is 6.61 Å². The Balaban J connectivity index is 1.60. The van der Waals surface area contributed by atoms with Gasteiger partial charge in [-0.2, -0.15) is 0 Å². The molecule has 0 fully saturated rings. The van der Waals surface area contributed by atoms with Gasteiger partial charge in [0.25, 0.3) is 0 Å². The lowest BCUT2D eigenvalue weighted by molar-refractivity contribution is 0.304. The molecule has 1 heterocycles. The summed E-state index contributed by atoms with van der Waals surface area (Å²) in [5, 5.41) is 0. The van der Waals surface area contributed by atoms with Gasteiger partial charge in [-0.3, -0.25) is 0 Å². The van der Waals surface area contributed by atoms with Gasteiger partial charge in [-0.05, 0) is 67.9 Å². The summed E-state index contributed by atoms with van der Waals surface area (Å²) >= 11 is 0. The fraction of sp³-hybridized carbons (Fsp3) is 0.600. The summed E-state index contributed by atoms with van der Waals surface area (Å²) in [6.45, 7) is 9.19. The van der Waals surface area contributed by atoms with E-state index in [1.807, 2.05) is 30.6 Å². The van der Waals surface area contributed by atoms with Crippen LogP contribution in [0, 0.1) is 5.92 Å². The minimum Gasteiger partial charge on any atom is -0.494 e. The van der Waals surface area contributed by atoms with Crippen molar-refractivity contribution in [3.05, 3.63) is 54.9 Å². The molecule has 3 nitrogen and oxygen atoms in total. The van der Waals surface area contributed by atoms with E-state index >= 15 is 0 Å². The Labute approximate surface area is 203 Å². The largest absolute Gasteiger partial charge is 0.494 e. The van der Waals surface area contributed by atoms with E-state index < -0.39 is 0 Å². The van der Waals surface area contributed by atoms with E-state index in [2.05, 4.69) is 42.5 Å². The molecular weight excluding hydrogens is 404 g/mol. The molecule has 0 spiro atoms. The topological polar surface area (TPSA) is 35.0 Å². The zero-order valence-corrected chi connectivity index (χ0v) is 21.2. The van der Waals surface area contributed by atoms with Gasteiger partial charge in [0.2, 0.25) is 0 Å². The van der Waals surface area contributed by atoms with Crippen LogP contribution >= 0.6 is 0 Å². The van der Waals surface area contributed by atoms with Crippen molar-refractivity contribution in [1.29, 1.82) is 0 Å². The van der Waals surface area contributed by atoms with Crippen molar-refractivity contribution in [2.45, 2.75) is 104 Å². The predicted molar refractivity (Wildman–Crippen MR) is 142 cm³/mol. The van der Waals surface area contributed by atoms with Crippen LogP contribution in [-0.4, -0.2) is 16.6 Å². The average molecular weight is 451 g/mol. The third-order valence-corrected chi connectivity index (χ3v) is 6.50. The van der Waals surface area contributed by atoms with Gasteiger partial charge in [0.15, 0.2) is 5.82 Å². The molecule has 2 rings (SSSR count). The van der Waals surface area contributed by atoms with Crippen molar-refractivity contribution in [3.8, 4) is 17.1 Å². The molecule has 1 atom stereocenters. The predicted octanol–water partition coefficient (Wildman–Crippen LogP) is 8.98. The highest BCUT2D eigenvalue weighted by Crippen LogP contribution is 2.20. The van der Waals surface area contributed by atoms with Gasteiger partial charge in [-0.15, -0.1) is 6.58 Å². The highest BCUT2D eigenvalue weighted by Gasteiger charge is 2.04. The summed E-state index contributed by atoms with van der Waals surface area (Å²) in [6.07, 6.45) is 23.7. The lowest BCUT2D eigenvalue weighted by atomic mass is 10.00. The van der Waals surface area contributed by atoms with E-state index in [-0.39, 0.29) is 0 Å². The summed E-state index contributed by atoms with van der Waals surface area (Å²) in [5.41, 5.74) is 2.28. The Kier molecular flexibility index (Phi) is 14.2. The number of rotatable bonds is 19. The van der Waals surface area contributed by atoms with Crippen molar-refractivity contribution >= 4 is 0 Å². The van der Waals surface area contributed by atoms with Crippen molar-refractivity contribution in [3.63, 3.8) is 0 Å². The number of ether oxygens (including phenoxy) is 1. The summed E-state index contributed by atoms with van der Waals surface area (Å²) in [6, 6.07) is 8.18. The van der Waals surface area contributed by atoms with Gasteiger partial charge in [0.1, 0.15) is 5.75 Å². The minimum atomic E-state index is 0.787. The minimum absolute atomic E-state index is 0.787. The maximum atomic E-state index is 5.91. The molecule has 0 aliphatic carbocycles. The molecule has 2 aromatic rings. The molecule has 0 aliphatic rings. The summed E-state index contributed by atoms with van der Waals surface area (Å²) in [4.78, 5) is 9.18. The first kappa shape index (κ1) is 27.1. The standard InChI is InChI=1S/C30H46N2O/c1-4-6-7-8-9-10-11-12-16-23-33-29-21-19-28(20-22-29)30-31-24-27(25-32-30)18-15-13-14-17-26(3)5-2/h4,19-22,24-26H,1,5-18,23H2,2-3H3/t26-/m0/s1. The number of hydrogen-bond acceptors (Lipinski definition) is 3. The molecule has 0 saturated heterocycles. The van der Waals surface area contributed by atoms with Crippen LogP contribution < -0.4 is 4.74 Å². The van der Waals surface area contributed by atoms with E-state index in [9.17, 15) is 0 Å². The van der Waals surface area contributed by atoms with Crippen molar-refractivity contribution in [2.24, 2.45) is 5.92 Å². The van der Waals surface area contributed by atoms with E-state index in [4.69, 9.17) is 4.74 Å². The first-order valence-corrected chi connectivity index (χ1v) is 13.4. The Morgan fingerprint density at radius 1 is 0.848 bits per heavy atom. The van der Waals surface area contributed by atoms with Crippen LogP contribution in [0.1, 0.15) is 103 Å². The second kappa shape index (κ2) is 17.3. The molecule has 182 valence electrons. The number of nitrogens with zero attached hydrogens (tertiary/aromatic N) is 2. The van der Waals surface area contributed by atoms with Gasteiger partial charge in [-0.25, -0.2) is 9.97 Å². The van der Waals surface area contributed by atoms with E-state index in [0.29, 0.717) is 0 Å². The quantitative estimate of drug-likeness (QED) is 0.158. The fourth-order valence-corrected chi connectivity index (χ4v) is 4.00. The smallest absolute Gasteiger partial charge is 0.159 e. The van der Waals surface area contributed by atoms with Gasteiger partial charge < -0.3 is 4.74 Å². The number of hydrogen-bond donors (Lipinski definition) is 0. The molecule has 0 radical (unpaired) electrons. The van der Waals surface area contributed by atoms with Crippen molar-refractivity contribution < 1.29 is 4.74 Å². The molecule has 33 heavy (non-hydrogen) atoms. The molecule has 0 amide bonds. The Morgan fingerprint density at radius 3 is 2.15 bits per heavy atom. The first-order chi connectivity index (χ1) is 16.2. The monoisotopic (exact) mass is 450 g/mol. The molecule has 0 bridgehead atoms. The number of benzene rings is 1. The van der Waals surface area contributed by atoms with Crippen LogP contribution in [0.4, 0.5) is 0 Å². The molecule has 0 aliphatic heterocycles. The van der Waals surface area contributed by atoms with Gasteiger partial charge in [0, 0.05) is 18.0 Å². The first-order valence-electron chi connectivity index (χ1n) is 13.4. The molecule has 0 N–H and O–H groups in total. The molecule has 0 unspecified atom stereocenters. The lowest BCUT2D eigenvalue weighted by Gasteiger charge is -2.08. The van der Waals surface area contributed by atoms with Crippen LogP contribution in [0.25, 0.3) is 11.4 Å². The molecule has 1 aromatic carbocycles. The second-order valence-corrected chi connectivity index (χ2v) is 9.45. The summed E-state index contributed by atoms with van der Waals surface area (Å²) in [5.74, 6) is 2.57. The van der Waals surface area contributed by atoms with Crippen LogP contribution in [0.2, 0.25) is 0 Å². The Morgan fingerprint density at radius 2 is 1.48 bits per heavy atom. The van der Waals surface area contributed by atoms with Crippen LogP contribution in [-0.2, 0) is 6.42 Å². The third kappa shape index (κ3) is 12.0. The van der Waals surface area contributed by atoms with E-state index in [1.165, 1.54) is 76.2 Å². The Hall–Kier alpha value is -2.16. The highest BCUT2D eigenvalue weighted by molar-refractivity contribution is 5.55. The number of unbranched alkanes of at least 4 members (excludes halogenated alkanes) is 9. The van der Waals surface area contributed by atoms with Gasteiger partial charge in [-0.1, -0.05) is 77.7 Å². The molecular formula is C30H46N2O. The maximum absolute atomic E-state index is 5.91. The number of aryl methyl sites for hydroxylation is 1. The molecule has 0 saturated carbocycles. The van der Waals surface area contributed by atoms with E-state index in [1.54, 1.807) is 0 Å². The molecule has 3 heteroatoms. The van der Waals surface area contributed by atoms with E-state index in [0.717, 1.165) is 48.9 Å². The summed E-state index contributed by atoms with van der Waals surface area (Å²) in [7, 11) is 0. The van der Waals surface area contributed by atoms with Crippen LogP contribution in [0.3, 0.4) is 0 Å². The second-order valence-electron chi connectivity index (χ2n) is 9.45. The maximum Gasteiger partial charge on any atom is 0.159 e. The van der Waals surface area contributed by atoms with Gasteiger partial charge >= 0.3 is 0 Å². The third-order valence-electron chi connectivity index (χ3n) is 6.50. The van der Waals surface area contributed by atoms with Crippen molar-refractivity contribution in [2.75, 3.05) is 6.61 Å². The average Bonchev–Trinajstić information content (AvgIpc) is 2.85. The lowest BCUT2D eigenvalue weighted by Crippen LogP contribution is -1.98. The normalized spacial score (nSPS) is 11.9. The Bertz CT molecular complexity index is 739. The zero-order valence-electron chi connectivity index (χ0n) is 21.2. The SMILES string of the molecule is C=CCCCCCCCCCOc1ccc(-c2ncc(CCCCC[C@@H](C)CC)cn2)cc1. The highest BCUT2D eigenvalue weighted by atomic mass is 16.5. The number of allylic oxidation sites excluding steroid dienone is 1. The van der Waals surface area contributed by atoms with Crippen molar-refractivity contribution in [1.82, 2.24) is 9.97 Å². The zero-order chi connectivity index (χ0) is 23.6. The van der Waals surface area contributed by atoms with Crippen LogP contribution in [0.5, 0.6) is 5.75 Å². The summed E-state index contributed by atoms with van der Waals surface area (Å²) < 4.78 is 5.91. The van der Waals surface area contributed by atoms with Crippen LogP contribution in [0.15, 0.2) is 49.3 Å². The molecule has 1 aromatic heterocycles. The fourth-order valence-electron chi connectivity index (χ4n) is 4.00.